The fourth-order valence-corrected chi connectivity index (χ4v) is 2.80. The Kier molecular flexibility index (Phi) is 4.39. The minimum absolute atomic E-state index is 0.00146. The zero-order valence-electron chi connectivity index (χ0n) is 10.8. The first-order valence-corrected chi connectivity index (χ1v) is 8.56. The van der Waals surface area contributed by atoms with E-state index in [0.29, 0.717) is 11.5 Å². The van der Waals surface area contributed by atoms with Crippen molar-refractivity contribution >= 4 is 31.5 Å². The summed E-state index contributed by atoms with van der Waals surface area (Å²) in [6, 6.07) is 5.29. The van der Waals surface area contributed by atoms with E-state index in [0.717, 1.165) is 10.0 Å². The number of anilines is 1. The van der Waals surface area contributed by atoms with Crippen LogP contribution in [0.4, 0.5) is 5.69 Å². The number of aromatic nitrogens is 4. The normalized spacial score (nSPS) is 11.7. The highest BCUT2D eigenvalue weighted by Gasteiger charge is 2.15. The first kappa shape index (κ1) is 14.9. The van der Waals surface area contributed by atoms with E-state index < -0.39 is 9.84 Å². The van der Waals surface area contributed by atoms with Gasteiger partial charge in [-0.2, -0.15) is 0 Å². The molecule has 2 aromatic rings. The SMILES string of the molecule is CCS(=O)(=O)CCn1nnnc1-c1cc(N)ccc1Br. The van der Waals surface area contributed by atoms with Crippen molar-refractivity contribution < 1.29 is 8.42 Å². The van der Waals surface area contributed by atoms with Crippen LogP contribution in [0.2, 0.25) is 0 Å². The Balaban J connectivity index is 2.31. The Bertz CT molecular complexity index is 713. The van der Waals surface area contributed by atoms with Gasteiger partial charge >= 0.3 is 0 Å². The van der Waals surface area contributed by atoms with Crippen LogP contribution in [0.25, 0.3) is 11.4 Å². The predicted octanol–water partition coefficient (Wildman–Crippen LogP) is 1.12. The highest BCUT2D eigenvalue weighted by Crippen LogP contribution is 2.28. The third kappa shape index (κ3) is 3.34. The second-order valence-corrected chi connectivity index (χ2v) is 7.53. The summed E-state index contributed by atoms with van der Waals surface area (Å²) in [4.78, 5) is 0. The van der Waals surface area contributed by atoms with Gasteiger partial charge in [0.1, 0.15) is 0 Å². The molecular weight excluding hydrogens is 346 g/mol. The Morgan fingerprint density at radius 1 is 1.40 bits per heavy atom. The van der Waals surface area contributed by atoms with Crippen LogP contribution in [-0.2, 0) is 16.4 Å². The third-order valence-corrected chi connectivity index (χ3v) is 5.19. The molecule has 0 aliphatic rings. The number of nitrogens with two attached hydrogens (primary N) is 1. The van der Waals surface area contributed by atoms with E-state index in [4.69, 9.17) is 5.73 Å². The Labute approximate surface area is 125 Å². The molecule has 1 heterocycles. The molecule has 0 amide bonds. The molecule has 0 unspecified atom stereocenters. The molecule has 0 bridgehead atoms. The molecule has 2 N–H and O–H groups in total. The number of rotatable bonds is 5. The van der Waals surface area contributed by atoms with E-state index in [-0.39, 0.29) is 18.1 Å². The van der Waals surface area contributed by atoms with Crippen LogP contribution in [0.1, 0.15) is 6.92 Å². The van der Waals surface area contributed by atoms with E-state index in [2.05, 4.69) is 31.5 Å². The standard InChI is InChI=1S/C11H14BrN5O2S/c1-2-20(18,19)6-5-17-11(14-15-16-17)9-7-8(13)3-4-10(9)12/h3-4,7H,2,5-6,13H2,1H3. The van der Waals surface area contributed by atoms with Crippen molar-refractivity contribution in [2.45, 2.75) is 13.5 Å². The van der Waals surface area contributed by atoms with E-state index in [1.54, 1.807) is 25.1 Å². The van der Waals surface area contributed by atoms with Gasteiger partial charge in [-0.1, -0.05) is 22.9 Å². The van der Waals surface area contributed by atoms with E-state index in [9.17, 15) is 8.42 Å². The Hall–Kier alpha value is -1.48. The van der Waals surface area contributed by atoms with Crippen LogP contribution in [0, 0.1) is 0 Å². The quantitative estimate of drug-likeness (QED) is 0.802. The first-order valence-electron chi connectivity index (χ1n) is 5.95. The molecule has 20 heavy (non-hydrogen) atoms. The van der Waals surface area contributed by atoms with Crippen molar-refractivity contribution in [3.05, 3.63) is 22.7 Å². The van der Waals surface area contributed by atoms with Gasteiger partial charge in [0.15, 0.2) is 15.7 Å². The smallest absolute Gasteiger partial charge is 0.183 e. The summed E-state index contributed by atoms with van der Waals surface area (Å²) in [5.41, 5.74) is 7.06. The lowest BCUT2D eigenvalue weighted by Gasteiger charge is -2.07. The van der Waals surface area contributed by atoms with Crippen molar-refractivity contribution in [2.75, 3.05) is 17.2 Å². The lowest BCUT2D eigenvalue weighted by atomic mass is 10.2. The van der Waals surface area contributed by atoms with Crippen molar-refractivity contribution in [3.8, 4) is 11.4 Å². The summed E-state index contributed by atoms with van der Waals surface area (Å²) in [6.07, 6.45) is 0. The highest BCUT2D eigenvalue weighted by molar-refractivity contribution is 9.10. The molecule has 0 radical (unpaired) electrons. The number of tetrazole rings is 1. The summed E-state index contributed by atoms with van der Waals surface area (Å²) >= 11 is 3.41. The van der Waals surface area contributed by atoms with E-state index in [1.165, 1.54) is 4.68 Å². The fraction of sp³-hybridized carbons (Fsp3) is 0.364. The molecule has 0 aliphatic carbocycles. The maximum Gasteiger partial charge on any atom is 0.183 e. The van der Waals surface area contributed by atoms with Gasteiger partial charge in [0.25, 0.3) is 0 Å². The van der Waals surface area contributed by atoms with Gasteiger partial charge < -0.3 is 5.73 Å². The average Bonchev–Trinajstić information content (AvgIpc) is 2.87. The van der Waals surface area contributed by atoms with Gasteiger partial charge in [-0.05, 0) is 28.6 Å². The molecule has 0 saturated heterocycles. The number of hydrogen-bond acceptors (Lipinski definition) is 6. The number of nitrogen functional groups attached to an aromatic ring is 1. The van der Waals surface area contributed by atoms with Crippen LogP contribution >= 0.6 is 15.9 Å². The minimum Gasteiger partial charge on any atom is -0.399 e. The molecule has 108 valence electrons. The number of sulfone groups is 1. The average molecular weight is 360 g/mol. The van der Waals surface area contributed by atoms with Gasteiger partial charge in [-0.25, -0.2) is 13.1 Å². The van der Waals surface area contributed by atoms with Crippen LogP contribution in [0.3, 0.4) is 0 Å². The summed E-state index contributed by atoms with van der Waals surface area (Å²) in [6.45, 7) is 1.82. The molecule has 0 spiro atoms. The topological polar surface area (TPSA) is 104 Å². The lowest BCUT2D eigenvalue weighted by molar-refractivity contribution is 0.577. The molecular formula is C11H14BrN5O2S. The number of nitrogens with zero attached hydrogens (tertiary/aromatic N) is 4. The van der Waals surface area contributed by atoms with Gasteiger partial charge in [0.2, 0.25) is 0 Å². The molecule has 9 heteroatoms. The molecule has 0 aliphatic heterocycles. The van der Waals surface area contributed by atoms with Crippen LogP contribution in [-0.4, -0.2) is 40.1 Å². The largest absolute Gasteiger partial charge is 0.399 e. The monoisotopic (exact) mass is 359 g/mol. The van der Waals surface area contributed by atoms with Gasteiger partial charge in [0.05, 0.1) is 12.3 Å². The van der Waals surface area contributed by atoms with Gasteiger partial charge in [0, 0.05) is 21.5 Å². The van der Waals surface area contributed by atoms with Crippen molar-refractivity contribution in [3.63, 3.8) is 0 Å². The molecule has 0 atom stereocenters. The lowest BCUT2D eigenvalue weighted by Crippen LogP contribution is -2.16. The first-order chi connectivity index (χ1) is 9.43. The molecule has 2 rings (SSSR count). The molecule has 0 saturated carbocycles. The number of benzene rings is 1. The van der Waals surface area contributed by atoms with Crippen molar-refractivity contribution in [1.29, 1.82) is 0 Å². The maximum atomic E-state index is 11.6. The summed E-state index contributed by atoms with van der Waals surface area (Å²) in [5.74, 6) is 0.587. The zero-order valence-corrected chi connectivity index (χ0v) is 13.2. The van der Waals surface area contributed by atoms with Crippen LogP contribution in [0.15, 0.2) is 22.7 Å². The van der Waals surface area contributed by atoms with Gasteiger partial charge in [-0.3, -0.25) is 0 Å². The third-order valence-electron chi connectivity index (χ3n) is 2.82. The van der Waals surface area contributed by atoms with Crippen molar-refractivity contribution in [2.24, 2.45) is 0 Å². The second-order valence-electron chi connectivity index (χ2n) is 4.20. The van der Waals surface area contributed by atoms with Gasteiger partial charge in [-0.15, -0.1) is 5.10 Å². The molecule has 1 aromatic heterocycles. The summed E-state index contributed by atoms with van der Waals surface area (Å²) in [5, 5.41) is 11.4. The zero-order chi connectivity index (χ0) is 14.8. The number of hydrogen-bond donors (Lipinski definition) is 1. The van der Waals surface area contributed by atoms with E-state index >= 15 is 0 Å². The number of halogens is 1. The molecule has 7 nitrogen and oxygen atoms in total. The van der Waals surface area contributed by atoms with Crippen LogP contribution in [0.5, 0.6) is 0 Å². The fourth-order valence-electron chi connectivity index (χ4n) is 1.63. The Morgan fingerprint density at radius 2 is 2.15 bits per heavy atom. The Morgan fingerprint density at radius 3 is 2.85 bits per heavy atom. The molecule has 0 fully saturated rings. The summed E-state index contributed by atoms with van der Waals surface area (Å²) < 4.78 is 25.4. The summed E-state index contributed by atoms with van der Waals surface area (Å²) in [7, 11) is -3.07. The van der Waals surface area contributed by atoms with E-state index in [1.807, 2.05) is 0 Å². The van der Waals surface area contributed by atoms with Crippen LogP contribution < -0.4 is 5.73 Å². The van der Waals surface area contributed by atoms with Crippen molar-refractivity contribution in [1.82, 2.24) is 20.2 Å². The minimum atomic E-state index is -3.07. The second kappa shape index (κ2) is 5.88. The predicted molar refractivity (Wildman–Crippen MR) is 79.7 cm³/mol. The number of aryl methyl sites for hydroxylation is 1. The molecule has 1 aromatic carbocycles. The highest BCUT2D eigenvalue weighted by atomic mass is 79.9. The maximum absolute atomic E-state index is 11.6.